The van der Waals surface area contributed by atoms with E-state index in [4.69, 9.17) is 18.9 Å². The minimum Gasteiger partial charge on any atom is -0.507 e. The number of benzene rings is 4. The summed E-state index contributed by atoms with van der Waals surface area (Å²) in [4.78, 5) is 39.3. The molecule has 0 radical (unpaired) electrons. The molecule has 0 saturated heterocycles. The first-order valence-corrected chi connectivity index (χ1v) is 11.7. The molecule has 0 unspecified atom stereocenters. The van der Waals surface area contributed by atoms with Crippen LogP contribution in [-0.2, 0) is 22.7 Å². The van der Waals surface area contributed by atoms with E-state index in [0.717, 1.165) is 11.1 Å². The summed E-state index contributed by atoms with van der Waals surface area (Å²) in [6, 6.07) is 24.8. The zero-order valence-corrected chi connectivity index (χ0v) is 20.1. The fourth-order valence-corrected chi connectivity index (χ4v) is 3.88. The van der Waals surface area contributed by atoms with Crippen LogP contribution in [0.3, 0.4) is 0 Å². The van der Waals surface area contributed by atoms with Crippen molar-refractivity contribution in [2.75, 3.05) is 6.79 Å². The molecule has 4 aromatic rings. The van der Waals surface area contributed by atoms with Crippen LogP contribution in [-0.4, -0.2) is 29.6 Å². The van der Waals surface area contributed by atoms with Crippen molar-refractivity contribution in [1.29, 1.82) is 0 Å². The van der Waals surface area contributed by atoms with Gasteiger partial charge in [0.25, 0.3) is 0 Å². The molecule has 38 heavy (non-hydrogen) atoms. The molecule has 0 spiro atoms. The van der Waals surface area contributed by atoms with Gasteiger partial charge in [-0.25, -0.2) is 9.59 Å². The molecule has 8 nitrogen and oxygen atoms in total. The van der Waals surface area contributed by atoms with E-state index in [0.29, 0.717) is 11.5 Å². The Bertz CT molecular complexity index is 1420. The quantitative estimate of drug-likeness (QED) is 0.259. The van der Waals surface area contributed by atoms with E-state index in [1.165, 1.54) is 30.3 Å². The lowest BCUT2D eigenvalue weighted by Gasteiger charge is -2.11. The molecule has 4 aromatic carbocycles. The zero-order valence-electron chi connectivity index (χ0n) is 20.1. The zero-order chi connectivity index (χ0) is 26.5. The van der Waals surface area contributed by atoms with E-state index >= 15 is 0 Å². The summed E-state index contributed by atoms with van der Waals surface area (Å²) < 4.78 is 21.4. The highest BCUT2D eigenvalue weighted by atomic mass is 16.7. The van der Waals surface area contributed by atoms with Crippen LogP contribution < -0.4 is 9.47 Å². The van der Waals surface area contributed by atoms with E-state index in [-0.39, 0.29) is 48.0 Å². The number of ketones is 1. The van der Waals surface area contributed by atoms with Gasteiger partial charge in [-0.1, -0.05) is 60.7 Å². The summed E-state index contributed by atoms with van der Waals surface area (Å²) in [7, 11) is 0. The van der Waals surface area contributed by atoms with Gasteiger partial charge in [0, 0.05) is 11.6 Å². The number of phenols is 1. The van der Waals surface area contributed by atoms with E-state index in [2.05, 4.69) is 0 Å². The molecule has 0 bridgehead atoms. The molecule has 1 aliphatic rings. The standard InChI is InChI=1S/C30H22O8/c31-25-15-27-26(37-18-38-27)14-24(25)28(32)21-11-22(29(33)35-16-19-7-3-1-4-8-19)13-23(12-21)30(34)36-17-20-9-5-2-6-10-20/h1-15,31H,16-18H2. The predicted molar refractivity (Wildman–Crippen MR) is 135 cm³/mol. The van der Waals surface area contributed by atoms with Crippen molar-refractivity contribution >= 4 is 17.7 Å². The van der Waals surface area contributed by atoms with Gasteiger partial charge in [-0.05, 0) is 35.4 Å². The second-order valence-corrected chi connectivity index (χ2v) is 8.47. The smallest absolute Gasteiger partial charge is 0.338 e. The number of phenolic OH excluding ortho intramolecular Hbond substituents is 1. The summed E-state index contributed by atoms with van der Waals surface area (Å²) in [6.07, 6.45) is 0. The fraction of sp³-hybridized carbons (Fsp3) is 0.100. The molecular formula is C30H22O8. The third kappa shape index (κ3) is 5.49. The largest absolute Gasteiger partial charge is 0.507 e. The van der Waals surface area contributed by atoms with Gasteiger partial charge < -0.3 is 24.1 Å². The highest BCUT2D eigenvalue weighted by molar-refractivity contribution is 6.13. The second kappa shape index (κ2) is 10.9. The Balaban J connectivity index is 1.45. The van der Waals surface area contributed by atoms with Crippen molar-refractivity contribution in [3.05, 3.63) is 124 Å². The van der Waals surface area contributed by atoms with Crippen LogP contribution in [0.2, 0.25) is 0 Å². The van der Waals surface area contributed by atoms with Gasteiger partial charge in [-0.2, -0.15) is 0 Å². The maximum absolute atomic E-state index is 13.4. The number of ether oxygens (including phenoxy) is 4. The van der Waals surface area contributed by atoms with Crippen LogP contribution in [0.4, 0.5) is 0 Å². The van der Waals surface area contributed by atoms with Crippen LogP contribution in [0.25, 0.3) is 0 Å². The van der Waals surface area contributed by atoms with E-state index in [1.54, 1.807) is 0 Å². The number of rotatable bonds is 8. The van der Waals surface area contributed by atoms with Gasteiger partial charge in [0.05, 0.1) is 16.7 Å². The van der Waals surface area contributed by atoms with Crippen molar-refractivity contribution in [3.8, 4) is 17.2 Å². The van der Waals surface area contributed by atoms with E-state index in [1.807, 2.05) is 60.7 Å². The van der Waals surface area contributed by atoms with Crippen molar-refractivity contribution in [2.45, 2.75) is 13.2 Å². The number of esters is 2. The first-order chi connectivity index (χ1) is 18.5. The average molecular weight is 510 g/mol. The molecule has 1 N–H and O–H groups in total. The number of fused-ring (bicyclic) bond motifs is 1. The Labute approximate surface area is 218 Å². The first kappa shape index (κ1) is 24.6. The van der Waals surface area contributed by atoms with Crippen LogP contribution in [0, 0.1) is 0 Å². The van der Waals surface area contributed by atoms with Crippen molar-refractivity contribution < 1.29 is 38.4 Å². The minimum atomic E-state index is -0.726. The lowest BCUT2D eigenvalue weighted by atomic mass is 9.97. The molecule has 0 aliphatic carbocycles. The summed E-state index contributed by atoms with van der Waals surface area (Å²) in [5.74, 6) is -1.80. The van der Waals surface area contributed by atoms with Crippen molar-refractivity contribution in [1.82, 2.24) is 0 Å². The lowest BCUT2D eigenvalue weighted by molar-refractivity contribution is 0.0470. The highest BCUT2D eigenvalue weighted by Crippen LogP contribution is 2.38. The Morgan fingerprint density at radius 1 is 0.658 bits per heavy atom. The average Bonchev–Trinajstić information content (AvgIpc) is 3.42. The van der Waals surface area contributed by atoms with Gasteiger partial charge >= 0.3 is 11.9 Å². The number of carbonyl (C=O) groups is 3. The van der Waals surface area contributed by atoms with E-state index < -0.39 is 17.7 Å². The maximum Gasteiger partial charge on any atom is 0.338 e. The van der Waals surface area contributed by atoms with Crippen LogP contribution in [0.15, 0.2) is 91.0 Å². The third-order valence-corrected chi connectivity index (χ3v) is 5.83. The number of hydrogen-bond acceptors (Lipinski definition) is 8. The van der Waals surface area contributed by atoms with Crippen molar-refractivity contribution in [2.24, 2.45) is 0 Å². The second-order valence-electron chi connectivity index (χ2n) is 8.47. The topological polar surface area (TPSA) is 108 Å². The molecule has 0 amide bonds. The Hall–Kier alpha value is -5.11. The van der Waals surface area contributed by atoms with E-state index in [9.17, 15) is 19.5 Å². The monoisotopic (exact) mass is 510 g/mol. The van der Waals surface area contributed by atoms with Gasteiger partial charge in [-0.15, -0.1) is 0 Å². The Morgan fingerprint density at radius 3 is 1.66 bits per heavy atom. The molecule has 1 aliphatic heterocycles. The van der Waals surface area contributed by atoms with Gasteiger partial charge in [0.1, 0.15) is 19.0 Å². The summed E-state index contributed by atoms with van der Waals surface area (Å²) >= 11 is 0. The first-order valence-electron chi connectivity index (χ1n) is 11.7. The summed E-state index contributed by atoms with van der Waals surface area (Å²) in [5.41, 5.74) is 1.44. The molecular weight excluding hydrogens is 488 g/mol. The molecule has 190 valence electrons. The predicted octanol–water partition coefficient (Wildman–Crippen LogP) is 5.07. The Morgan fingerprint density at radius 2 is 1.13 bits per heavy atom. The molecule has 8 heteroatoms. The molecule has 1 heterocycles. The van der Waals surface area contributed by atoms with Crippen LogP contribution >= 0.6 is 0 Å². The van der Waals surface area contributed by atoms with Gasteiger partial charge in [0.2, 0.25) is 6.79 Å². The van der Waals surface area contributed by atoms with Gasteiger partial charge in [0.15, 0.2) is 17.3 Å². The third-order valence-electron chi connectivity index (χ3n) is 5.83. The van der Waals surface area contributed by atoms with Crippen LogP contribution in [0.5, 0.6) is 17.2 Å². The normalized spacial score (nSPS) is 11.6. The number of hydrogen-bond donors (Lipinski definition) is 1. The number of aromatic hydroxyl groups is 1. The SMILES string of the molecule is O=C(OCc1ccccc1)c1cc(C(=O)OCc2ccccc2)cc(C(=O)c2cc3c(cc2O)OCO3)c1. The molecule has 0 saturated carbocycles. The fourth-order valence-electron chi connectivity index (χ4n) is 3.88. The van der Waals surface area contributed by atoms with Gasteiger partial charge in [-0.3, -0.25) is 4.79 Å². The molecule has 5 rings (SSSR count). The summed E-state index contributed by atoms with van der Waals surface area (Å²) in [6.45, 7) is -0.0181. The summed E-state index contributed by atoms with van der Waals surface area (Å²) in [5, 5.41) is 10.4. The minimum absolute atomic E-state index is 0.00852. The molecule has 0 fully saturated rings. The Kier molecular flexibility index (Phi) is 7.04. The number of carbonyl (C=O) groups excluding carboxylic acids is 3. The molecule has 0 atom stereocenters. The van der Waals surface area contributed by atoms with Crippen molar-refractivity contribution in [3.63, 3.8) is 0 Å². The molecule has 0 aromatic heterocycles. The maximum atomic E-state index is 13.4. The lowest BCUT2D eigenvalue weighted by Crippen LogP contribution is -2.13. The van der Waals surface area contributed by atoms with Crippen LogP contribution in [0.1, 0.15) is 47.8 Å². The highest BCUT2D eigenvalue weighted by Gasteiger charge is 2.24.